The fourth-order valence-electron chi connectivity index (χ4n) is 3.57. The Hall–Kier alpha value is -3.72. The van der Waals surface area contributed by atoms with Crippen LogP contribution in [0.25, 0.3) is 11.0 Å². The molecule has 0 aliphatic carbocycles. The Morgan fingerprint density at radius 1 is 1.17 bits per heavy atom. The van der Waals surface area contributed by atoms with Crippen LogP contribution in [0.5, 0.6) is 11.5 Å². The van der Waals surface area contributed by atoms with Gasteiger partial charge in [-0.05, 0) is 42.2 Å². The van der Waals surface area contributed by atoms with Crippen LogP contribution in [0.15, 0.2) is 69.2 Å². The first kappa shape index (κ1) is 19.6. The van der Waals surface area contributed by atoms with E-state index in [1.165, 1.54) is 0 Å². The monoisotopic (exact) mass is 402 g/mol. The predicted octanol–water partition coefficient (Wildman–Crippen LogP) is 4.44. The first-order chi connectivity index (χ1) is 14.5. The van der Waals surface area contributed by atoms with Crippen LogP contribution in [-0.2, 0) is 0 Å². The molecular formula is C24H22N2O4. The molecule has 0 radical (unpaired) electrons. The van der Waals surface area contributed by atoms with Gasteiger partial charge in [0.2, 0.25) is 5.88 Å². The van der Waals surface area contributed by atoms with Gasteiger partial charge in [-0.1, -0.05) is 38.1 Å². The molecule has 0 saturated carbocycles. The SMILES string of the molecule is CC(C)CCOc1ccc([C@@H]2C(C#N)=C(N)Oc3c2c(=O)oc2ccccc32)cc1. The molecule has 0 spiro atoms. The van der Waals surface area contributed by atoms with Gasteiger partial charge in [0.25, 0.3) is 0 Å². The Kier molecular flexibility index (Phi) is 5.20. The van der Waals surface area contributed by atoms with Gasteiger partial charge in [-0.2, -0.15) is 5.26 Å². The zero-order valence-corrected chi connectivity index (χ0v) is 16.8. The summed E-state index contributed by atoms with van der Waals surface area (Å²) in [6, 6.07) is 16.5. The van der Waals surface area contributed by atoms with E-state index in [0.29, 0.717) is 29.2 Å². The summed E-state index contributed by atoms with van der Waals surface area (Å²) in [7, 11) is 0. The molecule has 0 saturated heterocycles. The summed E-state index contributed by atoms with van der Waals surface area (Å²) in [6.45, 7) is 4.91. The topological polar surface area (TPSA) is 98.5 Å². The van der Waals surface area contributed by atoms with Crippen molar-refractivity contribution in [2.45, 2.75) is 26.2 Å². The molecule has 1 aliphatic rings. The number of allylic oxidation sites excluding steroid dienone is 1. The standard InChI is InChI=1S/C24H22N2O4/c1-14(2)11-12-28-16-9-7-15(8-10-16)20-18(13-25)23(26)30-22-17-5-3-4-6-19(17)29-24(27)21(20)22/h3-10,14,20H,11-12,26H2,1-2H3/t20-/m1/s1. The van der Waals surface area contributed by atoms with E-state index < -0.39 is 11.5 Å². The minimum atomic E-state index is -0.677. The third kappa shape index (κ3) is 3.50. The van der Waals surface area contributed by atoms with Gasteiger partial charge in [-0.3, -0.25) is 0 Å². The van der Waals surface area contributed by atoms with Crippen LogP contribution in [-0.4, -0.2) is 6.61 Å². The lowest BCUT2D eigenvalue weighted by molar-refractivity contribution is 0.289. The van der Waals surface area contributed by atoms with E-state index in [1.54, 1.807) is 18.2 Å². The maximum Gasteiger partial charge on any atom is 0.344 e. The van der Waals surface area contributed by atoms with Crippen molar-refractivity contribution in [3.63, 3.8) is 0 Å². The minimum Gasteiger partial charge on any atom is -0.494 e. The Morgan fingerprint density at radius 2 is 1.90 bits per heavy atom. The van der Waals surface area contributed by atoms with Crippen molar-refractivity contribution in [2.24, 2.45) is 11.7 Å². The largest absolute Gasteiger partial charge is 0.494 e. The van der Waals surface area contributed by atoms with E-state index in [0.717, 1.165) is 17.7 Å². The van der Waals surface area contributed by atoms with Crippen LogP contribution in [0.2, 0.25) is 0 Å². The molecule has 2 heterocycles. The molecule has 0 fully saturated rings. The van der Waals surface area contributed by atoms with Crippen LogP contribution in [0, 0.1) is 17.2 Å². The molecule has 0 unspecified atom stereocenters. The van der Waals surface area contributed by atoms with Crippen molar-refractivity contribution in [2.75, 3.05) is 6.61 Å². The number of ether oxygens (including phenoxy) is 2. The second-order valence-corrected chi connectivity index (χ2v) is 7.65. The van der Waals surface area contributed by atoms with Gasteiger partial charge >= 0.3 is 5.63 Å². The molecule has 0 amide bonds. The van der Waals surface area contributed by atoms with Gasteiger partial charge in [0.05, 0.1) is 23.5 Å². The van der Waals surface area contributed by atoms with E-state index in [4.69, 9.17) is 19.6 Å². The number of para-hydroxylation sites is 1. The predicted molar refractivity (Wildman–Crippen MR) is 113 cm³/mol. The van der Waals surface area contributed by atoms with Gasteiger partial charge in [-0.25, -0.2) is 4.79 Å². The van der Waals surface area contributed by atoms with Crippen molar-refractivity contribution in [3.8, 4) is 17.6 Å². The van der Waals surface area contributed by atoms with E-state index >= 15 is 0 Å². The molecule has 2 aromatic carbocycles. The molecule has 0 bridgehead atoms. The number of nitriles is 1. The summed E-state index contributed by atoms with van der Waals surface area (Å²) in [5.41, 5.74) is 7.11. The molecule has 6 heteroatoms. The van der Waals surface area contributed by atoms with Gasteiger partial charge in [-0.15, -0.1) is 0 Å². The number of benzene rings is 2. The maximum atomic E-state index is 12.9. The number of hydrogen-bond acceptors (Lipinski definition) is 6. The first-order valence-electron chi connectivity index (χ1n) is 9.85. The smallest absolute Gasteiger partial charge is 0.344 e. The average Bonchev–Trinajstić information content (AvgIpc) is 2.73. The fraction of sp³-hybridized carbons (Fsp3) is 0.250. The molecular weight excluding hydrogens is 380 g/mol. The lowest BCUT2D eigenvalue weighted by Crippen LogP contribution is -2.26. The Balaban J connectivity index is 1.79. The van der Waals surface area contributed by atoms with Crippen molar-refractivity contribution in [1.29, 1.82) is 5.26 Å². The zero-order chi connectivity index (χ0) is 21.3. The third-order valence-electron chi connectivity index (χ3n) is 5.15. The van der Waals surface area contributed by atoms with Gasteiger partial charge in [0.15, 0.2) is 5.75 Å². The van der Waals surface area contributed by atoms with Crippen molar-refractivity contribution >= 4 is 11.0 Å². The fourth-order valence-corrected chi connectivity index (χ4v) is 3.57. The van der Waals surface area contributed by atoms with Gasteiger partial charge in [0, 0.05) is 0 Å². The lowest BCUT2D eigenvalue weighted by atomic mass is 9.84. The average molecular weight is 402 g/mol. The lowest BCUT2D eigenvalue weighted by Gasteiger charge is -2.26. The van der Waals surface area contributed by atoms with Crippen LogP contribution >= 0.6 is 0 Å². The molecule has 4 rings (SSSR count). The number of rotatable bonds is 5. The third-order valence-corrected chi connectivity index (χ3v) is 5.15. The molecule has 152 valence electrons. The van der Waals surface area contributed by atoms with E-state index in [9.17, 15) is 10.1 Å². The van der Waals surface area contributed by atoms with Crippen molar-refractivity contribution in [3.05, 3.63) is 81.5 Å². The number of nitrogens with two attached hydrogens (primary N) is 1. The van der Waals surface area contributed by atoms with E-state index in [-0.39, 0.29) is 17.0 Å². The Labute approximate surface area is 174 Å². The van der Waals surface area contributed by atoms with Gasteiger partial charge < -0.3 is 19.6 Å². The Bertz CT molecular complexity index is 1220. The van der Waals surface area contributed by atoms with Crippen LogP contribution in [0.1, 0.15) is 37.3 Å². The highest BCUT2D eigenvalue weighted by atomic mass is 16.5. The van der Waals surface area contributed by atoms with Crippen LogP contribution in [0.3, 0.4) is 0 Å². The number of hydrogen-bond donors (Lipinski definition) is 1. The second kappa shape index (κ2) is 7.96. The first-order valence-corrected chi connectivity index (χ1v) is 9.85. The van der Waals surface area contributed by atoms with E-state index in [1.807, 2.05) is 30.3 Å². The summed E-state index contributed by atoms with van der Waals surface area (Å²) in [5.74, 6) is 0.934. The van der Waals surface area contributed by atoms with Gasteiger partial charge in [0.1, 0.15) is 23.0 Å². The normalized spacial score (nSPS) is 15.6. The highest BCUT2D eigenvalue weighted by molar-refractivity contribution is 5.86. The molecule has 2 N–H and O–H groups in total. The highest BCUT2D eigenvalue weighted by Gasteiger charge is 2.35. The highest BCUT2D eigenvalue weighted by Crippen LogP contribution is 2.43. The van der Waals surface area contributed by atoms with Crippen molar-refractivity contribution in [1.82, 2.24) is 0 Å². The van der Waals surface area contributed by atoms with Crippen molar-refractivity contribution < 1.29 is 13.9 Å². The van der Waals surface area contributed by atoms with E-state index in [2.05, 4.69) is 19.9 Å². The molecule has 1 aliphatic heterocycles. The second-order valence-electron chi connectivity index (χ2n) is 7.65. The molecule has 6 nitrogen and oxygen atoms in total. The molecule has 30 heavy (non-hydrogen) atoms. The summed E-state index contributed by atoms with van der Waals surface area (Å²) in [4.78, 5) is 12.9. The molecule has 1 atom stereocenters. The minimum absolute atomic E-state index is 0.0111. The summed E-state index contributed by atoms with van der Waals surface area (Å²) in [6.07, 6.45) is 0.959. The summed E-state index contributed by atoms with van der Waals surface area (Å²) < 4.78 is 17.0. The maximum absolute atomic E-state index is 12.9. The van der Waals surface area contributed by atoms with Crippen LogP contribution < -0.4 is 20.8 Å². The summed E-state index contributed by atoms with van der Waals surface area (Å²) >= 11 is 0. The quantitative estimate of drug-likeness (QED) is 0.634. The molecule has 1 aromatic heterocycles. The number of nitrogens with zero attached hydrogens (tertiary/aromatic N) is 1. The Morgan fingerprint density at radius 3 is 2.60 bits per heavy atom. The molecule has 3 aromatic rings. The zero-order valence-electron chi connectivity index (χ0n) is 16.8. The van der Waals surface area contributed by atoms with Crippen LogP contribution in [0.4, 0.5) is 0 Å². The number of fused-ring (bicyclic) bond motifs is 3. The summed E-state index contributed by atoms with van der Waals surface area (Å²) in [5, 5.41) is 10.4.